The lowest BCUT2D eigenvalue weighted by Crippen LogP contribution is -2.15. The summed E-state index contributed by atoms with van der Waals surface area (Å²) in [6.07, 6.45) is 2.15. The Hall–Kier alpha value is -1.68. The van der Waals surface area contributed by atoms with Crippen LogP contribution in [-0.2, 0) is 7.05 Å². The van der Waals surface area contributed by atoms with Gasteiger partial charge in [0.1, 0.15) is 13.2 Å². The van der Waals surface area contributed by atoms with Crippen molar-refractivity contribution >= 4 is 10.9 Å². The zero-order valence-electron chi connectivity index (χ0n) is 10.8. The van der Waals surface area contributed by atoms with Gasteiger partial charge in [0.2, 0.25) is 0 Å². The van der Waals surface area contributed by atoms with Crippen molar-refractivity contribution in [3.63, 3.8) is 0 Å². The van der Waals surface area contributed by atoms with E-state index in [4.69, 9.17) is 15.2 Å². The van der Waals surface area contributed by atoms with Crippen LogP contribution in [0.3, 0.4) is 0 Å². The van der Waals surface area contributed by atoms with Gasteiger partial charge in [-0.3, -0.25) is 0 Å². The van der Waals surface area contributed by atoms with Crippen LogP contribution in [0.4, 0.5) is 0 Å². The van der Waals surface area contributed by atoms with E-state index in [1.807, 2.05) is 7.05 Å². The van der Waals surface area contributed by atoms with E-state index in [-0.39, 0.29) is 0 Å². The summed E-state index contributed by atoms with van der Waals surface area (Å²) in [6.45, 7) is 4.03. The molecule has 1 aromatic heterocycles. The van der Waals surface area contributed by atoms with Crippen LogP contribution in [0.1, 0.15) is 18.4 Å². The van der Waals surface area contributed by atoms with Crippen LogP contribution in [0, 0.1) is 0 Å². The van der Waals surface area contributed by atoms with Crippen molar-refractivity contribution in [1.29, 1.82) is 0 Å². The normalized spacial score (nSPS) is 15.9. The molecule has 0 aliphatic carbocycles. The van der Waals surface area contributed by atoms with Crippen LogP contribution >= 0.6 is 0 Å². The molecule has 0 bridgehead atoms. The average molecular weight is 246 g/mol. The van der Waals surface area contributed by atoms with Crippen molar-refractivity contribution in [2.45, 2.75) is 12.8 Å². The molecule has 1 aliphatic rings. The van der Waals surface area contributed by atoms with E-state index < -0.39 is 0 Å². The van der Waals surface area contributed by atoms with Crippen LogP contribution in [0.15, 0.2) is 18.3 Å². The number of ether oxygens (including phenoxy) is 2. The Bertz CT molecular complexity index is 589. The van der Waals surface area contributed by atoms with E-state index in [1.165, 1.54) is 10.9 Å². The first-order valence-corrected chi connectivity index (χ1v) is 6.29. The van der Waals surface area contributed by atoms with E-state index in [2.05, 4.69) is 29.8 Å². The predicted octanol–water partition coefficient (Wildman–Crippen LogP) is 2.01. The lowest BCUT2D eigenvalue weighted by atomic mass is 10.0. The van der Waals surface area contributed by atoms with Gasteiger partial charge >= 0.3 is 0 Å². The molecule has 0 spiro atoms. The summed E-state index contributed by atoms with van der Waals surface area (Å²) < 4.78 is 13.4. The van der Waals surface area contributed by atoms with Gasteiger partial charge in [-0.15, -0.1) is 0 Å². The Kier molecular flexibility index (Phi) is 2.67. The molecule has 0 fully saturated rings. The van der Waals surface area contributed by atoms with E-state index in [0.717, 1.165) is 17.0 Å². The molecule has 2 aromatic rings. The van der Waals surface area contributed by atoms with Gasteiger partial charge in [-0.2, -0.15) is 0 Å². The van der Waals surface area contributed by atoms with Crippen LogP contribution < -0.4 is 15.2 Å². The second-order valence-electron chi connectivity index (χ2n) is 4.85. The van der Waals surface area contributed by atoms with Crippen LogP contribution in [-0.4, -0.2) is 24.3 Å². The maximum Gasteiger partial charge on any atom is 0.163 e. The van der Waals surface area contributed by atoms with Gasteiger partial charge in [0.15, 0.2) is 11.5 Å². The quantitative estimate of drug-likeness (QED) is 0.881. The van der Waals surface area contributed by atoms with Crippen molar-refractivity contribution in [2.75, 3.05) is 19.8 Å². The molecule has 96 valence electrons. The SMILES string of the molecule is CC(CN)c1cn(C)c2cc3c(cc12)OCCO3. The van der Waals surface area contributed by atoms with Crippen LogP contribution in [0.2, 0.25) is 0 Å². The Morgan fingerprint density at radius 3 is 2.61 bits per heavy atom. The monoisotopic (exact) mass is 246 g/mol. The topological polar surface area (TPSA) is 49.4 Å². The molecular formula is C14H18N2O2. The number of benzene rings is 1. The van der Waals surface area contributed by atoms with E-state index >= 15 is 0 Å². The zero-order valence-corrected chi connectivity index (χ0v) is 10.8. The van der Waals surface area contributed by atoms with Gasteiger partial charge < -0.3 is 19.8 Å². The van der Waals surface area contributed by atoms with Crippen LogP contribution in [0.5, 0.6) is 11.5 Å². The number of aryl methyl sites for hydroxylation is 1. The molecule has 4 heteroatoms. The number of hydrogen-bond donors (Lipinski definition) is 1. The fourth-order valence-electron chi connectivity index (χ4n) is 2.47. The lowest BCUT2D eigenvalue weighted by Gasteiger charge is -2.18. The Labute approximate surface area is 106 Å². The smallest absolute Gasteiger partial charge is 0.163 e. The standard InChI is InChI=1S/C14H18N2O2/c1-9(7-15)11-8-16(2)12-6-14-13(5-10(11)12)17-3-4-18-14/h5-6,8-9H,3-4,7,15H2,1-2H3. The van der Waals surface area contributed by atoms with Crippen molar-refractivity contribution in [1.82, 2.24) is 4.57 Å². The maximum absolute atomic E-state index is 5.78. The molecule has 0 saturated heterocycles. The lowest BCUT2D eigenvalue weighted by molar-refractivity contribution is 0.172. The third-order valence-corrected chi connectivity index (χ3v) is 3.57. The molecule has 1 aromatic carbocycles. The summed E-state index contributed by atoms with van der Waals surface area (Å²) in [4.78, 5) is 0. The second kappa shape index (κ2) is 4.21. The number of nitrogens with two attached hydrogens (primary N) is 1. The van der Waals surface area contributed by atoms with Gasteiger partial charge in [0.25, 0.3) is 0 Å². The average Bonchev–Trinajstić information content (AvgIpc) is 2.72. The highest BCUT2D eigenvalue weighted by molar-refractivity contribution is 5.88. The molecule has 0 saturated carbocycles. The first kappa shape index (κ1) is 11.4. The van der Waals surface area contributed by atoms with Crippen molar-refractivity contribution in [3.05, 3.63) is 23.9 Å². The van der Waals surface area contributed by atoms with Gasteiger partial charge in [-0.05, 0) is 24.1 Å². The molecule has 1 aliphatic heterocycles. The number of aromatic nitrogens is 1. The van der Waals surface area contributed by atoms with E-state index in [1.54, 1.807) is 0 Å². The minimum absolute atomic E-state index is 0.344. The minimum Gasteiger partial charge on any atom is -0.486 e. The first-order chi connectivity index (χ1) is 8.70. The minimum atomic E-state index is 0.344. The molecule has 4 nitrogen and oxygen atoms in total. The second-order valence-corrected chi connectivity index (χ2v) is 4.85. The highest BCUT2D eigenvalue weighted by atomic mass is 16.6. The molecule has 3 rings (SSSR count). The third kappa shape index (κ3) is 1.64. The number of rotatable bonds is 2. The van der Waals surface area contributed by atoms with Gasteiger partial charge in [0.05, 0.1) is 5.52 Å². The molecule has 2 N–H and O–H groups in total. The summed E-state index contributed by atoms with van der Waals surface area (Å²) in [5.41, 5.74) is 8.21. The molecule has 0 amide bonds. The largest absolute Gasteiger partial charge is 0.486 e. The first-order valence-electron chi connectivity index (χ1n) is 6.29. The summed E-state index contributed by atoms with van der Waals surface area (Å²) in [5, 5.41) is 1.21. The van der Waals surface area contributed by atoms with Crippen molar-refractivity contribution in [2.24, 2.45) is 12.8 Å². The summed E-state index contributed by atoms with van der Waals surface area (Å²) >= 11 is 0. The predicted molar refractivity (Wildman–Crippen MR) is 71.4 cm³/mol. The fourth-order valence-corrected chi connectivity index (χ4v) is 2.47. The van der Waals surface area contributed by atoms with Crippen molar-refractivity contribution < 1.29 is 9.47 Å². The Morgan fingerprint density at radius 1 is 1.28 bits per heavy atom. The molecule has 1 atom stereocenters. The highest BCUT2D eigenvalue weighted by Crippen LogP contribution is 2.37. The Morgan fingerprint density at radius 2 is 1.94 bits per heavy atom. The molecule has 1 unspecified atom stereocenters. The summed E-state index contributed by atoms with van der Waals surface area (Å²) in [6, 6.07) is 4.13. The van der Waals surface area contributed by atoms with Crippen LogP contribution in [0.25, 0.3) is 10.9 Å². The summed E-state index contributed by atoms with van der Waals surface area (Å²) in [7, 11) is 2.05. The molecule has 2 heterocycles. The molecular weight excluding hydrogens is 228 g/mol. The fraction of sp³-hybridized carbons (Fsp3) is 0.429. The zero-order chi connectivity index (χ0) is 12.7. The van der Waals surface area contributed by atoms with Gasteiger partial charge in [-0.1, -0.05) is 6.92 Å². The van der Waals surface area contributed by atoms with Crippen molar-refractivity contribution in [3.8, 4) is 11.5 Å². The molecule has 0 radical (unpaired) electrons. The van der Waals surface area contributed by atoms with Gasteiger partial charge in [0, 0.05) is 24.7 Å². The Balaban J connectivity index is 2.22. The number of nitrogens with zero attached hydrogens (tertiary/aromatic N) is 1. The van der Waals surface area contributed by atoms with E-state index in [9.17, 15) is 0 Å². The third-order valence-electron chi connectivity index (χ3n) is 3.57. The summed E-state index contributed by atoms with van der Waals surface area (Å²) in [5.74, 6) is 2.02. The molecule has 18 heavy (non-hydrogen) atoms. The highest BCUT2D eigenvalue weighted by Gasteiger charge is 2.18. The van der Waals surface area contributed by atoms with Gasteiger partial charge in [-0.25, -0.2) is 0 Å². The van der Waals surface area contributed by atoms with E-state index in [0.29, 0.717) is 25.7 Å². The number of hydrogen-bond acceptors (Lipinski definition) is 3. The maximum atomic E-state index is 5.78. The number of fused-ring (bicyclic) bond motifs is 2.